The van der Waals surface area contributed by atoms with E-state index in [1.807, 2.05) is 6.92 Å². The molecule has 0 rings (SSSR count). The van der Waals surface area contributed by atoms with E-state index in [-0.39, 0.29) is 0 Å². The molecule has 4 nitrogen and oxygen atoms in total. The third-order valence-corrected chi connectivity index (χ3v) is 6.31. The first-order chi connectivity index (χ1) is 11.9. The Hall–Kier alpha value is -0.130. The van der Waals surface area contributed by atoms with Gasteiger partial charge in [-0.25, -0.2) is 0 Å². The van der Waals surface area contributed by atoms with Crippen LogP contribution in [0.25, 0.3) is 0 Å². The van der Waals surface area contributed by atoms with Crippen molar-refractivity contribution >= 4 is 10.1 Å². The van der Waals surface area contributed by atoms with E-state index in [0.29, 0.717) is 19.3 Å². The Morgan fingerprint density at radius 3 is 1.56 bits per heavy atom. The van der Waals surface area contributed by atoms with Crippen LogP contribution in [0.3, 0.4) is 0 Å². The van der Waals surface area contributed by atoms with Crippen LogP contribution in [0.1, 0.15) is 117 Å². The molecule has 152 valence electrons. The number of hydrogen-bond donors (Lipinski definition) is 2. The monoisotopic (exact) mass is 378 g/mol. The fourth-order valence-corrected chi connectivity index (χ4v) is 4.30. The zero-order chi connectivity index (χ0) is 19.0. The molecule has 0 saturated heterocycles. The summed E-state index contributed by atoms with van der Waals surface area (Å²) in [6.45, 7) is 4.15. The lowest BCUT2D eigenvalue weighted by atomic mass is 10.0. The Balaban J connectivity index is 3.53. The van der Waals surface area contributed by atoms with Gasteiger partial charge in [0.1, 0.15) is 0 Å². The van der Waals surface area contributed by atoms with E-state index in [1.165, 1.54) is 57.8 Å². The average Bonchev–Trinajstić information content (AvgIpc) is 2.55. The van der Waals surface area contributed by atoms with E-state index in [0.717, 1.165) is 25.7 Å². The summed E-state index contributed by atoms with van der Waals surface area (Å²) in [6.07, 6.45) is 16.4. The van der Waals surface area contributed by atoms with Crippen LogP contribution < -0.4 is 0 Å². The second-order valence-electron chi connectivity index (χ2n) is 7.48. The summed E-state index contributed by atoms with van der Waals surface area (Å²) in [5, 5.41) is 9.28. The van der Waals surface area contributed by atoms with Crippen molar-refractivity contribution in [2.24, 2.45) is 0 Å². The Bertz CT molecular complexity index is 381. The van der Waals surface area contributed by atoms with Crippen LogP contribution in [0, 0.1) is 0 Å². The fraction of sp³-hybridized carbons (Fsp3) is 1.00. The molecule has 2 N–H and O–H groups in total. The summed E-state index contributed by atoms with van der Waals surface area (Å²) in [5.41, 5.74) is 0. The maximum absolute atomic E-state index is 11.3. The molecule has 5 heteroatoms. The molecule has 0 aromatic rings. The maximum atomic E-state index is 11.3. The Morgan fingerprint density at radius 2 is 1.12 bits per heavy atom. The molecule has 0 aliphatic rings. The first-order valence-electron chi connectivity index (χ1n) is 10.6. The minimum absolute atomic E-state index is 0.353. The van der Waals surface area contributed by atoms with Gasteiger partial charge in [0.2, 0.25) is 0 Å². The fourth-order valence-electron chi connectivity index (χ4n) is 3.33. The average molecular weight is 379 g/mol. The quantitative estimate of drug-likeness (QED) is 0.230. The van der Waals surface area contributed by atoms with E-state index >= 15 is 0 Å². The highest BCUT2D eigenvalue weighted by Gasteiger charge is 2.22. The number of hydrogen-bond acceptors (Lipinski definition) is 3. The lowest BCUT2D eigenvalue weighted by Crippen LogP contribution is -2.22. The normalized spacial score (nSPS) is 14.6. The molecule has 0 aliphatic heterocycles. The molecule has 0 aromatic carbocycles. The molecule has 2 atom stereocenters. The van der Waals surface area contributed by atoms with E-state index in [1.54, 1.807) is 0 Å². The van der Waals surface area contributed by atoms with Gasteiger partial charge in [-0.3, -0.25) is 4.55 Å². The highest BCUT2D eigenvalue weighted by Crippen LogP contribution is 2.18. The van der Waals surface area contributed by atoms with Gasteiger partial charge in [0.25, 0.3) is 10.1 Å². The van der Waals surface area contributed by atoms with Crippen molar-refractivity contribution in [3.63, 3.8) is 0 Å². The lowest BCUT2D eigenvalue weighted by Gasteiger charge is -2.15. The van der Waals surface area contributed by atoms with Gasteiger partial charge < -0.3 is 5.11 Å². The number of rotatable bonds is 18. The van der Waals surface area contributed by atoms with Gasteiger partial charge in [-0.05, 0) is 25.7 Å². The van der Waals surface area contributed by atoms with Crippen molar-refractivity contribution in [1.82, 2.24) is 0 Å². The first kappa shape index (κ1) is 24.9. The van der Waals surface area contributed by atoms with Crippen LogP contribution in [0.4, 0.5) is 0 Å². The number of aliphatic hydroxyl groups excluding tert-OH is 1. The summed E-state index contributed by atoms with van der Waals surface area (Å²) in [5.74, 6) is 0. The van der Waals surface area contributed by atoms with Crippen molar-refractivity contribution in [2.45, 2.75) is 128 Å². The summed E-state index contributed by atoms with van der Waals surface area (Å²) in [4.78, 5) is 0. The van der Waals surface area contributed by atoms with Crippen LogP contribution in [0.15, 0.2) is 0 Å². The second kappa shape index (κ2) is 16.1. The minimum atomic E-state index is -3.98. The molecular weight excluding hydrogens is 336 g/mol. The molecule has 0 radical (unpaired) electrons. The van der Waals surface area contributed by atoms with Crippen LogP contribution in [0.5, 0.6) is 0 Å². The van der Waals surface area contributed by atoms with Crippen LogP contribution in [-0.2, 0) is 10.1 Å². The zero-order valence-electron chi connectivity index (χ0n) is 16.6. The second-order valence-corrected chi connectivity index (χ2v) is 9.18. The summed E-state index contributed by atoms with van der Waals surface area (Å²) >= 11 is 0. The standard InChI is InChI=1S/C20H42O4S/c1-3-5-6-7-8-9-10-11-12-13-14-16-19(21)17-18-20(15-4-2)25(22,23)24/h19-21H,3-18H2,1-2H3,(H,22,23,24). The van der Waals surface area contributed by atoms with E-state index in [9.17, 15) is 18.1 Å². The molecule has 0 amide bonds. The van der Waals surface area contributed by atoms with Gasteiger partial charge in [-0.15, -0.1) is 0 Å². The van der Waals surface area contributed by atoms with Gasteiger partial charge in [-0.1, -0.05) is 90.9 Å². The molecule has 25 heavy (non-hydrogen) atoms. The third kappa shape index (κ3) is 15.8. The van der Waals surface area contributed by atoms with Gasteiger partial charge in [-0.2, -0.15) is 8.42 Å². The first-order valence-corrected chi connectivity index (χ1v) is 12.1. The van der Waals surface area contributed by atoms with Gasteiger partial charge in [0, 0.05) is 0 Å². The predicted octanol–water partition coefficient (Wildman–Crippen LogP) is 5.89. The van der Waals surface area contributed by atoms with Crippen LogP contribution in [-0.4, -0.2) is 29.4 Å². The third-order valence-electron chi connectivity index (χ3n) is 4.99. The number of aliphatic hydroxyl groups is 1. The SMILES string of the molecule is CCCCCCCCCCCCCC(O)CCC(CCC)S(=O)(=O)O. The van der Waals surface area contributed by atoms with Crippen molar-refractivity contribution < 1.29 is 18.1 Å². The Labute approximate surface area is 156 Å². The van der Waals surface area contributed by atoms with Crippen LogP contribution in [0.2, 0.25) is 0 Å². The lowest BCUT2D eigenvalue weighted by molar-refractivity contribution is 0.147. The smallest absolute Gasteiger partial charge is 0.267 e. The summed E-state index contributed by atoms with van der Waals surface area (Å²) in [7, 11) is -3.98. The van der Waals surface area contributed by atoms with Crippen molar-refractivity contribution in [2.75, 3.05) is 0 Å². The topological polar surface area (TPSA) is 74.6 Å². The van der Waals surface area contributed by atoms with Crippen molar-refractivity contribution in [1.29, 1.82) is 0 Å². The molecule has 2 unspecified atom stereocenters. The van der Waals surface area contributed by atoms with E-state index in [2.05, 4.69) is 6.92 Å². The summed E-state index contributed by atoms with van der Waals surface area (Å²) < 4.78 is 31.7. The largest absolute Gasteiger partial charge is 0.393 e. The summed E-state index contributed by atoms with van der Waals surface area (Å²) in [6, 6.07) is 0. The van der Waals surface area contributed by atoms with Crippen LogP contribution >= 0.6 is 0 Å². The molecule has 0 heterocycles. The minimum Gasteiger partial charge on any atom is -0.393 e. The Morgan fingerprint density at radius 1 is 0.640 bits per heavy atom. The molecular formula is C20H42O4S. The maximum Gasteiger partial charge on any atom is 0.267 e. The molecule has 0 aliphatic carbocycles. The van der Waals surface area contributed by atoms with Gasteiger partial charge in [0.05, 0.1) is 11.4 Å². The zero-order valence-corrected chi connectivity index (χ0v) is 17.4. The molecule has 0 bridgehead atoms. The highest BCUT2D eigenvalue weighted by molar-refractivity contribution is 7.86. The van der Waals surface area contributed by atoms with Gasteiger partial charge >= 0.3 is 0 Å². The molecule has 0 spiro atoms. The van der Waals surface area contributed by atoms with E-state index < -0.39 is 21.5 Å². The van der Waals surface area contributed by atoms with Crippen molar-refractivity contribution in [3.8, 4) is 0 Å². The molecule has 0 aromatic heterocycles. The van der Waals surface area contributed by atoms with Gasteiger partial charge in [0.15, 0.2) is 0 Å². The molecule has 0 fully saturated rings. The molecule has 0 saturated carbocycles. The highest BCUT2D eigenvalue weighted by atomic mass is 32.2. The Kier molecular flexibility index (Phi) is 16.0. The predicted molar refractivity (Wildman–Crippen MR) is 107 cm³/mol. The van der Waals surface area contributed by atoms with Crippen molar-refractivity contribution in [3.05, 3.63) is 0 Å². The van der Waals surface area contributed by atoms with E-state index in [4.69, 9.17) is 0 Å². The number of unbranched alkanes of at least 4 members (excludes halogenated alkanes) is 10.